The van der Waals surface area contributed by atoms with Crippen LogP contribution in [0, 0.1) is 5.82 Å². The van der Waals surface area contributed by atoms with E-state index in [1.807, 2.05) is 0 Å². The molecular formula is C16H23FN4O2. The number of amides is 2. The van der Waals surface area contributed by atoms with Crippen molar-refractivity contribution in [2.24, 2.45) is 0 Å². The highest BCUT2D eigenvalue weighted by atomic mass is 19.1. The van der Waals surface area contributed by atoms with Crippen molar-refractivity contribution in [3.63, 3.8) is 0 Å². The van der Waals surface area contributed by atoms with Gasteiger partial charge in [-0.1, -0.05) is 0 Å². The molecule has 2 rings (SSSR count). The van der Waals surface area contributed by atoms with Gasteiger partial charge in [-0.2, -0.15) is 0 Å². The average Bonchev–Trinajstić information content (AvgIpc) is 2.54. The van der Waals surface area contributed by atoms with E-state index in [9.17, 15) is 14.0 Å². The van der Waals surface area contributed by atoms with Gasteiger partial charge in [0.1, 0.15) is 5.82 Å². The van der Waals surface area contributed by atoms with Gasteiger partial charge >= 0.3 is 0 Å². The Kier molecular flexibility index (Phi) is 6.49. The number of nitrogens with one attached hydrogen (secondary N) is 3. The number of carbonyl (C=O) groups excluding carboxylic acids is 2. The SMILES string of the molecule is CC(=O)Nc1cc(C(=O)NCCCN2CCNCC2)ccc1F. The third kappa shape index (κ3) is 5.61. The van der Waals surface area contributed by atoms with Crippen LogP contribution in [-0.2, 0) is 4.79 Å². The van der Waals surface area contributed by atoms with Crippen LogP contribution in [0.15, 0.2) is 18.2 Å². The minimum absolute atomic E-state index is 0.0194. The molecule has 23 heavy (non-hydrogen) atoms. The predicted octanol–water partition coefficient (Wildman–Crippen LogP) is 0.809. The summed E-state index contributed by atoms with van der Waals surface area (Å²) in [5.74, 6) is -1.20. The maximum atomic E-state index is 13.5. The van der Waals surface area contributed by atoms with Crippen molar-refractivity contribution in [1.82, 2.24) is 15.5 Å². The molecule has 0 atom stereocenters. The van der Waals surface area contributed by atoms with Gasteiger partial charge < -0.3 is 20.9 Å². The molecule has 126 valence electrons. The van der Waals surface area contributed by atoms with E-state index < -0.39 is 5.82 Å². The van der Waals surface area contributed by atoms with Gasteiger partial charge in [-0.15, -0.1) is 0 Å². The Morgan fingerprint density at radius 3 is 2.74 bits per heavy atom. The summed E-state index contributed by atoms with van der Waals surface area (Å²) < 4.78 is 13.5. The smallest absolute Gasteiger partial charge is 0.251 e. The minimum atomic E-state index is -0.560. The Morgan fingerprint density at radius 1 is 1.30 bits per heavy atom. The van der Waals surface area contributed by atoms with E-state index in [-0.39, 0.29) is 17.5 Å². The fourth-order valence-electron chi connectivity index (χ4n) is 2.49. The molecule has 1 aromatic carbocycles. The Hall–Kier alpha value is -1.99. The first kappa shape index (κ1) is 17.4. The molecule has 0 unspecified atom stereocenters. The Balaban J connectivity index is 1.79. The van der Waals surface area contributed by atoms with Crippen molar-refractivity contribution in [3.05, 3.63) is 29.6 Å². The molecule has 0 spiro atoms. The van der Waals surface area contributed by atoms with Crippen LogP contribution in [0.25, 0.3) is 0 Å². The van der Waals surface area contributed by atoms with Crippen LogP contribution in [0.5, 0.6) is 0 Å². The number of carbonyl (C=O) groups is 2. The standard InChI is InChI=1S/C16H23FN4O2/c1-12(22)20-15-11-13(3-4-14(15)17)16(23)19-5-2-8-21-9-6-18-7-10-21/h3-4,11,18H,2,5-10H2,1H3,(H,19,23)(H,20,22). The Bertz CT molecular complexity index is 559. The molecule has 0 aromatic heterocycles. The highest BCUT2D eigenvalue weighted by molar-refractivity contribution is 5.96. The number of nitrogens with zero attached hydrogens (tertiary/aromatic N) is 1. The van der Waals surface area contributed by atoms with Crippen LogP contribution >= 0.6 is 0 Å². The fraction of sp³-hybridized carbons (Fsp3) is 0.500. The van der Waals surface area contributed by atoms with Gasteiger partial charge in [0.2, 0.25) is 5.91 Å². The number of hydrogen-bond donors (Lipinski definition) is 3. The molecule has 1 saturated heterocycles. The normalized spacial score (nSPS) is 15.2. The molecule has 7 heteroatoms. The lowest BCUT2D eigenvalue weighted by molar-refractivity contribution is -0.114. The highest BCUT2D eigenvalue weighted by Crippen LogP contribution is 2.16. The molecule has 0 aliphatic carbocycles. The second-order valence-electron chi connectivity index (χ2n) is 5.58. The van der Waals surface area contributed by atoms with Crippen molar-refractivity contribution in [1.29, 1.82) is 0 Å². The summed E-state index contributed by atoms with van der Waals surface area (Å²) in [5, 5.41) is 8.49. The summed E-state index contributed by atoms with van der Waals surface area (Å²) >= 11 is 0. The van der Waals surface area contributed by atoms with Gasteiger partial charge in [-0.05, 0) is 31.2 Å². The summed E-state index contributed by atoms with van der Waals surface area (Å²) in [5.41, 5.74) is 0.350. The Morgan fingerprint density at radius 2 is 2.04 bits per heavy atom. The number of halogens is 1. The first-order chi connectivity index (χ1) is 11.1. The van der Waals surface area contributed by atoms with Crippen LogP contribution < -0.4 is 16.0 Å². The molecule has 3 N–H and O–H groups in total. The molecule has 1 aromatic rings. The molecule has 1 aliphatic heterocycles. The zero-order chi connectivity index (χ0) is 16.7. The van der Waals surface area contributed by atoms with Crippen molar-refractivity contribution in [3.8, 4) is 0 Å². The summed E-state index contributed by atoms with van der Waals surface area (Å²) in [4.78, 5) is 25.5. The van der Waals surface area contributed by atoms with Gasteiger partial charge in [0.25, 0.3) is 5.91 Å². The lowest BCUT2D eigenvalue weighted by Crippen LogP contribution is -2.44. The molecule has 0 bridgehead atoms. The average molecular weight is 322 g/mol. The third-order valence-corrected chi connectivity index (χ3v) is 3.69. The monoisotopic (exact) mass is 322 g/mol. The molecule has 6 nitrogen and oxygen atoms in total. The quantitative estimate of drug-likeness (QED) is 0.678. The Labute approximate surface area is 135 Å². The summed E-state index contributed by atoms with van der Waals surface area (Å²) in [6.45, 7) is 6.89. The number of benzene rings is 1. The second-order valence-corrected chi connectivity index (χ2v) is 5.58. The van der Waals surface area contributed by atoms with E-state index in [2.05, 4.69) is 20.9 Å². The van der Waals surface area contributed by atoms with Gasteiger partial charge in [0.15, 0.2) is 0 Å². The first-order valence-corrected chi connectivity index (χ1v) is 7.84. The van der Waals surface area contributed by atoms with Crippen LogP contribution in [0.4, 0.5) is 10.1 Å². The van der Waals surface area contributed by atoms with Gasteiger partial charge in [0, 0.05) is 45.2 Å². The lowest BCUT2D eigenvalue weighted by Gasteiger charge is -2.27. The van der Waals surface area contributed by atoms with E-state index in [4.69, 9.17) is 0 Å². The van der Waals surface area contributed by atoms with E-state index >= 15 is 0 Å². The number of hydrogen-bond acceptors (Lipinski definition) is 4. The topological polar surface area (TPSA) is 73.5 Å². The summed E-state index contributed by atoms with van der Waals surface area (Å²) in [6.07, 6.45) is 0.867. The maximum absolute atomic E-state index is 13.5. The zero-order valence-corrected chi connectivity index (χ0v) is 13.3. The van der Waals surface area contributed by atoms with Crippen molar-refractivity contribution < 1.29 is 14.0 Å². The van der Waals surface area contributed by atoms with Crippen LogP contribution in [-0.4, -0.2) is 56.0 Å². The van der Waals surface area contributed by atoms with E-state index in [0.717, 1.165) is 39.1 Å². The first-order valence-electron chi connectivity index (χ1n) is 7.84. The fourth-order valence-corrected chi connectivity index (χ4v) is 2.49. The van der Waals surface area contributed by atoms with Gasteiger partial charge in [-0.25, -0.2) is 4.39 Å². The molecule has 0 radical (unpaired) electrons. The molecule has 0 saturated carbocycles. The van der Waals surface area contributed by atoms with Gasteiger partial charge in [0.05, 0.1) is 5.69 Å². The summed E-state index contributed by atoms with van der Waals surface area (Å²) in [6, 6.07) is 3.94. The molecule has 1 fully saturated rings. The van der Waals surface area contributed by atoms with Crippen LogP contribution in [0.3, 0.4) is 0 Å². The van der Waals surface area contributed by atoms with E-state index in [1.54, 1.807) is 0 Å². The molecule has 1 heterocycles. The lowest BCUT2D eigenvalue weighted by atomic mass is 10.1. The third-order valence-electron chi connectivity index (χ3n) is 3.69. The van der Waals surface area contributed by atoms with E-state index in [1.165, 1.54) is 25.1 Å². The molecule has 1 aliphatic rings. The molecular weight excluding hydrogens is 299 g/mol. The number of piperazine rings is 1. The van der Waals surface area contributed by atoms with Crippen molar-refractivity contribution in [2.75, 3.05) is 44.6 Å². The number of anilines is 1. The summed E-state index contributed by atoms with van der Waals surface area (Å²) in [7, 11) is 0. The predicted molar refractivity (Wildman–Crippen MR) is 87.0 cm³/mol. The largest absolute Gasteiger partial charge is 0.352 e. The maximum Gasteiger partial charge on any atom is 0.251 e. The van der Waals surface area contributed by atoms with Gasteiger partial charge in [-0.3, -0.25) is 9.59 Å². The van der Waals surface area contributed by atoms with Crippen LogP contribution in [0.2, 0.25) is 0 Å². The highest BCUT2D eigenvalue weighted by Gasteiger charge is 2.11. The minimum Gasteiger partial charge on any atom is -0.352 e. The zero-order valence-electron chi connectivity index (χ0n) is 13.3. The molecule has 2 amide bonds. The van der Waals surface area contributed by atoms with E-state index in [0.29, 0.717) is 12.1 Å². The number of rotatable bonds is 6. The van der Waals surface area contributed by atoms with Crippen molar-refractivity contribution >= 4 is 17.5 Å². The van der Waals surface area contributed by atoms with Crippen LogP contribution in [0.1, 0.15) is 23.7 Å². The second kappa shape index (κ2) is 8.59. The van der Waals surface area contributed by atoms with Crippen molar-refractivity contribution in [2.45, 2.75) is 13.3 Å².